The molecule has 4 heterocycles. The Hall–Kier alpha value is -2.74. The molecule has 8 nitrogen and oxygen atoms in total. The zero-order valence-corrected chi connectivity index (χ0v) is 18.4. The molecule has 2 aromatic heterocycles. The number of rotatable bonds is 5. The molecule has 4 rings (SSSR count). The van der Waals surface area contributed by atoms with Crippen LogP contribution in [-0.4, -0.2) is 75.5 Å². The number of carbonyl (C=O) groups excluding carboxylic acids is 2. The van der Waals surface area contributed by atoms with Crippen molar-refractivity contribution in [1.82, 2.24) is 24.3 Å². The third-order valence-electron chi connectivity index (χ3n) is 6.40. The van der Waals surface area contributed by atoms with E-state index < -0.39 is 0 Å². The first-order chi connectivity index (χ1) is 15.1. The number of hydrogen-bond donors (Lipinski definition) is 0. The zero-order chi connectivity index (χ0) is 21.8. The van der Waals surface area contributed by atoms with E-state index in [1.165, 1.54) is 0 Å². The lowest BCUT2D eigenvalue weighted by molar-refractivity contribution is -0.135. The topological polar surface area (TPSA) is 80.6 Å². The number of aromatic nitrogens is 3. The van der Waals surface area contributed by atoms with Crippen LogP contribution in [0.5, 0.6) is 0 Å². The van der Waals surface area contributed by atoms with Gasteiger partial charge < -0.3 is 19.1 Å². The fourth-order valence-electron chi connectivity index (χ4n) is 4.47. The van der Waals surface area contributed by atoms with Gasteiger partial charge in [0.25, 0.3) is 5.91 Å². The molecule has 166 valence electrons. The molecule has 2 aliphatic heterocycles. The van der Waals surface area contributed by atoms with Crippen molar-refractivity contribution in [3.63, 3.8) is 0 Å². The fourth-order valence-corrected chi connectivity index (χ4v) is 4.47. The Bertz CT molecular complexity index is 896. The van der Waals surface area contributed by atoms with E-state index in [-0.39, 0.29) is 17.9 Å². The molecule has 1 atom stereocenters. The Morgan fingerprint density at radius 1 is 1.10 bits per heavy atom. The molecule has 2 saturated heterocycles. The normalized spacial score (nSPS) is 18.8. The highest BCUT2D eigenvalue weighted by atomic mass is 16.5. The average Bonchev–Trinajstić information content (AvgIpc) is 3.32. The fraction of sp³-hybridized carbons (Fsp3) is 0.565. The summed E-state index contributed by atoms with van der Waals surface area (Å²) in [6.07, 6.45) is 7.91. The van der Waals surface area contributed by atoms with Crippen molar-refractivity contribution >= 4 is 11.8 Å². The first kappa shape index (κ1) is 21.5. The van der Waals surface area contributed by atoms with Crippen LogP contribution < -0.4 is 0 Å². The Labute approximate surface area is 183 Å². The molecular weight excluding hydrogens is 394 g/mol. The van der Waals surface area contributed by atoms with E-state index in [4.69, 9.17) is 4.74 Å². The Morgan fingerprint density at radius 2 is 1.84 bits per heavy atom. The largest absolute Gasteiger partial charge is 0.378 e. The van der Waals surface area contributed by atoms with Crippen LogP contribution in [0.2, 0.25) is 0 Å². The number of pyridine rings is 1. The summed E-state index contributed by atoms with van der Waals surface area (Å²) in [6, 6.07) is 3.61. The lowest BCUT2D eigenvalue weighted by atomic mass is 9.92. The molecule has 0 aromatic carbocycles. The summed E-state index contributed by atoms with van der Waals surface area (Å²) < 4.78 is 7.29. The average molecular weight is 426 g/mol. The minimum absolute atomic E-state index is 0.0164. The van der Waals surface area contributed by atoms with E-state index in [1.54, 1.807) is 12.4 Å². The number of aryl methyl sites for hydroxylation is 1. The van der Waals surface area contributed by atoms with Gasteiger partial charge >= 0.3 is 0 Å². The second-order valence-corrected chi connectivity index (χ2v) is 8.26. The summed E-state index contributed by atoms with van der Waals surface area (Å²) in [7, 11) is 0. The van der Waals surface area contributed by atoms with Crippen molar-refractivity contribution in [3.8, 4) is 0 Å². The molecule has 0 N–H and O–H groups in total. The van der Waals surface area contributed by atoms with Gasteiger partial charge in [-0.2, -0.15) is 0 Å². The number of carbonyl (C=O) groups is 2. The SMILES string of the molecule is CCc1nccn1C(C)C(=O)N1CCC(c2ccc(C(=O)N3CCOCC3)cn2)CC1. The highest BCUT2D eigenvalue weighted by molar-refractivity contribution is 5.94. The van der Waals surface area contributed by atoms with Gasteiger partial charge in [-0.3, -0.25) is 14.6 Å². The number of likely N-dealkylation sites (tertiary alicyclic amines) is 1. The molecule has 31 heavy (non-hydrogen) atoms. The van der Waals surface area contributed by atoms with Crippen LogP contribution in [0, 0.1) is 0 Å². The second kappa shape index (κ2) is 9.60. The van der Waals surface area contributed by atoms with Crippen LogP contribution in [0.15, 0.2) is 30.7 Å². The van der Waals surface area contributed by atoms with Gasteiger partial charge in [0.05, 0.1) is 18.8 Å². The number of piperidine rings is 1. The predicted octanol–water partition coefficient (Wildman–Crippen LogP) is 2.28. The second-order valence-electron chi connectivity index (χ2n) is 8.26. The lowest BCUT2D eigenvalue weighted by Gasteiger charge is -2.34. The maximum atomic E-state index is 13.0. The third kappa shape index (κ3) is 4.63. The lowest BCUT2D eigenvalue weighted by Crippen LogP contribution is -2.41. The van der Waals surface area contributed by atoms with Gasteiger partial charge in [-0.15, -0.1) is 0 Å². The molecular formula is C23H31N5O3. The minimum atomic E-state index is -0.238. The Morgan fingerprint density at radius 3 is 2.48 bits per heavy atom. The maximum absolute atomic E-state index is 13.0. The molecule has 8 heteroatoms. The number of amides is 2. The Kier molecular flexibility index (Phi) is 6.65. The van der Waals surface area contributed by atoms with Crippen LogP contribution in [0.3, 0.4) is 0 Å². The van der Waals surface area contributed by atoms with Crippen LogP contribution in [0.1, 0.15) is 60.5 Å². The highest BCUT2D eigenvalue weighted by Gasteiger charge is 2.29. The van der Waals surface area contributed by atoms with Crippen molar-refractivity contribution < 1.29 is 14.3 Å². The van der Waals surface area contributed by atoms with Gasteiger partial charge in [-0.25, -0.2) is 4.98 Å². The number of ether oxygens (including phenoxy) is 1. The van der Waals surface area contributed by atoms with Gasteiger partial charge in [-0.1, -0.05) is 6.92 Å². The Balaban J connectivity index is 1.33. The van der Waals surface area contributed by atoms with Gasteiger partial charge in [-0.05, 0) is 31.9 Å². The molecule has 1 unspecified atom stereocenters. The summed E-state index contributed by atoms with van der Waals surface area (Å²) in [5, 5.41) is 0. The summed E-state index contributed by atoms with van der Waals surface area (Å²) in [6.45, 7) is 7.88. The summed E-state index contributed by atoms with van der Waals surface area (Å²) >= 11 is 0. The predicted molar refractivity (Wildman–Crippen MR) is 116 cm³/mol. The summed E-state index contributed by atoms with van der Waals surface area (Å²) in [4.78, 5) is 38.3. The third-order valence-corrected chi connectivity index (χ3v) is 6.40. The zero-order valence-electron chi connectivity index (χ0n) is 18.4. The van der Waals surface area contributed by atoms with E-state index in [2.05, 4.69) is 9.97 Å². The molecule has 2 aliphatic rings. The number of imidazole rings is 1. The van der Waals surface area contributed by atoms with Gasteiger partial charge in [0.2, 0.25) is 5.91 Å². The van der Waals surface area contributed by atoms with Crippen molar-refractivity contribution in [2.24, 2.45) is 0 Å². The standard InChI is InChI=1S/C23H31N5O3/c1-3-21-24-8-11-28(21)17(2)22(29)26-9-6-18(7-10-26)20-5-4-19(16-25-20)23(30)27-12-14-31-15-13-27/h4-5,8,11,16-18H,3,6-7,9-10,12-15H2,1-2H3. The van der Waals surface area contributed by atoms with Crippen LogP contribution in [-0.2, 0) is 16.0 Å². The van der Waals surface area contributed by atoms with Crippen LogP contribution in [0.4, 0.5) is 0 Å². The van der Waals surface area contributed by atoms with Gasteiger partial charge in [0, 0.05) is 62.8 Å². The molecule has 0 aliphatic carbocycles. The van der Waals surface area contributed by atoms with Gasteiger partial charge in [0.15, 0.2) is 0 Å². The summed E-state index contributed by atoms with van der Waals surface area (Å²) in [5.74, 6) is 1.41. The van der Waals surface area contributed by atoms with Crippen molar-refractivity contribution in [2.75, 3.05) is 39.4 Å². The number of morpholine rings is 1. The molecule has 2 fully saturated rings. The minimum Gasteiger partial charge on any atom is -0.378 e. The first-order valence-corrected chi connectivity index (χ1v) is 11.2. The molecule has 2 aromatic rings. The van der Waals surface area contributed by atoms with E-state index in [0.717, 1.165) is 43.9 Å². The number of hydrogen-bond acceptors (Lipinski definition) is 5. The molecule has 0 radical (unpaired) electrons. The quantitative estimate of drug-likeness (QED) is 0.734. The molecule has 2 amide bonds. The monoisotopic (exact) mass is 425 g/mol. The summed E-state index contributed by atoms with van der Waals surface area (Å²) in [5.41, 5.74) is 1.63. The smallest absolute Gasteiger partial charge is 0.255 e. The van der Waals surface area contributed by atoms with E-state index in [0.29, 0.717) is 37.8 Å². The molecule has 0 spiro atoms. The van der Waals surface area contributed by atoms with Gasteiger partial charge in [0.1, 0.15) is 11.9 Å². The van der Waals surface area contributed by atoms with Crippen LogP contribution >= 0.6 is 0 Å². The number of nitrogens with zero attached hydrogens (tertiary/aromatic N) is 5. The van der Waals surface area contributed by atoms with E-state index in [9.17, 15) is 9.59 Å². The molecule has 0 bridgehead atoms. The van der Waals surface area contributed by atoms with Crippen LogP contribution in [0.25, 0.3) is 0 Å². The van der Waals surface area contributed by atoms with Crippen molar-refractivity contribution in [3.05, 3.63) is 47.8 Å². The molecule has 0 saturated carbocycles. The maximum Gasteiger partial charge on any atom is 0.255 e. The van der Waals surface area contributed by atoms with E-state index in [1.807, 2.05) is 46.5 Å². The van der Waals surface area contributed by atoms with Crippen molar-refractivity contribution in [2.45, 2.75) is 45.1 Å². The van der Waals surface area contributed by atoms with Crippen molar-refractivity contribution in [1.29, 1.82) is 0 Å². The first-order valence-electron chi connectivity index (χ1n) is 11.2. The highest BCUT2D eigenvalue weighted by Crippen LogP contribution is 2.28. The van der Waals surface area contributed by atoms with E-state index >= 15 is 0 Å².